The van der Waals surface area contributed by atoms with E-state index in [1.54, 1.807) is 24.3 Å². The molecule has 0 aliphatic carbocycles. The van der Waals surface area contributed by atoms with Crippen LogP contribution in [-0.4, -0.2) is 61.0 Å². The van der Waals surface area contributed by atoms with E-state index in [0.29, 0.717) is 25.3 Å². The molecule has 1 aromatic rings. The zero-order valence-electron chi connectivity index (χ0n) is 15.5. The molecule has 5 N–H and O–H groups in total. The van der Waals surface area contributed by atoms with E-state index in [1.807, 2.05) is 0 Å². The van der Waals surface area contributed by atoms with Gasteiger partial charge in [-0.1, -0.05) is 12.1 Å². The molecule has 28 heavy (non-hydrogen) atoms. The van der Waals surface area contributed by atoms with Crippen molar-refractivity contribution in [2.75, 3.05) is 31.6 Å². The number of likely N-dealkylation sites (tertiary alicyclic amines) is 1. The van der Waals surface area contributed by atoms with Gasteiger partial charge in [0.1, 0.15) is 0 Å². The molecule has 1 aromatic carbocycles. The SMILES string of the molecule is NC(=O)c1ccccc1NC(=O)C1CN(CC2CCCO2)CC2C(=O)NNC21. The zero-order chi connectivity index (χ0) is 19.7. The minimum atomic E-state index is -0.603. The smallest absolute Gasteiger partial charge is 0.250 e. The Balaban J connectivity index is 1.51. The predicted molar refractivity (Wildman–Crippen MR) is 101 cm³/mol. The molecule has 9 heteroatoms. The Kier molecular flexibility index (Phi) is 5.29. The van der Waals surface area contributed by atoms with Gasteiger partial charge < -0.3 is 15.8 Å². The fourth-order valence-corrected chi connectivity index (χ4v) is 4.34. The molecule has 4 unspecified atom stereocenters. The maximum absolute atomic E-state index is 13.1. The summed E-state index contributed by atoms with van der Waals surface area (Å²) >= 11 is 0. The number of piperidine rings is 1. The summed E-state index contributed by atoms with van der Waals surface area (Å²) in [6, 6.07) is 6.35. The average Bonchev–Trinajstić information content (AvgIpc) is 3.32. The van der Waals surface area contributed by atoms with Crippen molar-refractivity contribution in [3.63, 3.8) is 0 Å². The van der Waals surface area contributed by atoms with Crippen molar-refractivity contribution in [3.8, 4) is 0 Å². The molecule has 3 aliphatic heterocycles. The summed E-state index contributed by atoms with van der Waals surface area (Å²) in [6.45, 7) is 2.57. The van der Waals surface area contributed by atoms with Crippen LogP contribution >= 0.6 is 0 Å². The molecule has 0 bridgehead atoms. The highest BCUT2D eigenvalue weighted by atomic mass is 16.5. The number of carbonyl (C=O) groups is 3. The van der Waals surface area contributed by atoms with E-state index in [2.05, 4.69) is 21.1 Å². The van der Waals surface area contributed by atoms with Crippen LogP contribution in [-0.2, 0) is 14.3 Å². The highest BCUT2D eigenvalue weighted by Crippen LogP contribution is 2.28. The third-order valence-electron chi connectivity index (χ3n) is 5.75. The third kappa shape index (κ3) is 3.73. The molecule has 0 spiro atoms. The molecule has 3 aliphatic rings. The Morgan fingerprint density at radius 2 is 2.11 bits per heavy atom. The molecule has 3 saturated heterocycles. The first-order valence-corrected chi connectivity index (χ1v) is 9.62. The fraction of sp³-hybridized carbons (Fsp3) is 0.526. The van der Waals surface area contributed by atoms with Crippen LogP contribution in [0.2, 0.25) is 0 Å². The van der Waals surface area contributed by atoms with Crippen molar-refractivity contribution >= 4 is 23.4 Å². The van der Waals surface area contributed by atoms with Crippen LogP contribution in [0, 0.1) is 11.8 Å². The number of benzene rings is 1. The van der Waals surface area contributed by atoms with Crippen LogP contribution in [0.1, 0.15) is 23.2 Å². The largest absolute Gasteiger partial charge is 0.377 e. The number of hydrazine groups is 1. The topological polar surface area (TPSA) is 126 Å². The van der Waals surface area contributed by atoms with Gasteiger partial charge in [0, 0.05) is 26.2 Å². The van der Waals surface area contributed by atoms with Crippen LogP contribution in [0.3, 0.4) is 0 Å². The van der Waals surface area contributed by atoms with Gasteiger partial charge in [0.2, 0.25) is 11.8 Å². The Morgan fingerprint density at radius 1 is 1.29 bits per heavy atom. The van der Waals surface area contributed by atoms with Gasteiger partial charge >= 0.3 is 0 Å². The molecule has 150 valence electrons. The molecular formula is C19H25N5O4. The van der Waals surface area contributed by atoms with Crippen molar-refractivity contribution in [1.29, 1.82) is 0 Å². The highest BCUT2D eigenvalue weighted by Gasteiger charge is 2.47. The molecule has 3 fully saturated rings. The monoisotopic (exact) mass is 387 g/mol. The summed E-state index contributed by atoms with van der Waals surface area (Å²) in [5.74, 6) is -1.72. The Bertz CT molecular complexity index is 779. The van der Waals surface area contributed by atoms with Crippen molar-refractivity contribution < 1.29 is 19.1 Å². The summed E-state index contributed by atoms with van der Waals surface area (Å²) in [4.78, 5) is 39.1. The second-order valence-electron chi connectivity index (χ2n) is 7.63. The number of fused-ring (bicyclic) bond motifs is 1. The van der Waals surface area contributed by atoms with E-state index in [-0.39, 0.29) is 35.4 Å². The number of hydrogen-bond donors (Lipinski definition) is 4. The van der Waals surface area contributed by atoms with Crippen LogP contribution < -0.4 is 21.9 Å². The molecule has 3 heterocycles. The summed E-state index contributed by atoms with van der Waals surface area (Å²) in [5, 5.41) is 2.83. The summed E-state index contributed by atoms with van der Waals surface area (Å²) < 4.78 is 5.72. The number of nitrogens with one attached hydrogen (secondary N) is 3. The third-order valence-corrected chi connectivity index (χ3v) is 5.75. The Hall–Kier alpha value is -2.49. The first-order chi connectivity index (χ1) is 13.5. The number of para-hydroxylation sites is 1. The number of ether oxygens (including phenoxy) is 1. The zero-order valence-corrected chi connectivity index (χ0v) is 15.5. The molecular weight excluding hydrogens is 362 g/mol. The minimum absolute atomic E-state index is 0.0997. The second kappa shape index (κ2) is 7.86. The molecule has 4 atom stereocenters. The first kappa shape index (κ1) is 18.9. The highest BCUT2D eigenvalue weighted by molar-refractivity contribution is 6.03. The number of amides is 3. The average molecular weight is 387 g/mol. The van der Waals surface area contributed by atoms with Gasteiger partial charge in [-0.3, -0.25) is 24.7 Å². The fourth-order valence-electron chi connectivity index (χ4n) is 4.34. The number of carbonyl (C=O) groups excluding carboxylic acids is 3. The van der Waals surface area contributed by atoms with E-state index >= 15 is 0 Å². The number of anilines is 1. The quantitative estimate of drug-likeness (QED) is 0.537. The second-order valence-corrected chi connectivity index (χ2v) is 7.63. The van der Waals surface area contributed by atoms with E-state index in [4.69, 9.17) is 10.5 Å². The lowest BCUT2D eigenvalue weighted by Crippen LogP contribution is -2.57. The van der Waals surface area contributed by atoms with E-state index in [1.165, 1.54) is 0 Å². The summed E-state index contributed by atoms with van der Waals surface area (Å²) in [7, 11) is 0. The van der Waals surface area contributed by atoms with Gasteiger partial charge in [-0.15, -0.1) is 0 Å². The van der Waals surface area contributed by atoms with Gasteiger partial charge in [-0.2, -0.15) is 0 Å². The number of nitrogens with zero attached hydrogens (tertiary/aromatic N) is 1. The number of hydrogen-bond acceptors (Lipinski definition) is 6. The molecule has 0 radical (unpaired) electrons. The molecule has 9 nitrogen and oxygen atoms in total. The lowest BCUT2D eigenvalue weighted by atomic mass is 9.83. The van der Waals surface area contributed by atoms with Crippen LogP contribution in [0.5, 0.6) is 0 Å². The van der Waals surface area contributed by atoms with Gasteiger partial charge in [-0.05, 0) is 25.0 Å². The molecule has 0 aromatic heterocycles. The van der Waals surface area contributed by atoms with Crippen molar-refractivity contribution in [1.82, 2.24) is 15.8 Å². The number of rotatable bonds is 5. The maximum Gasteiger partial charge on any atom is 0.250 e. The summed E-state index contributed by atoms with van der Waals surface area (Å²) in [6.07, 6.45) is 2.19. The van der Waals surface area contributed by atoms with Gasteiger partial charge in [0.15, 0.2) is 0 Å². The predicted octanol–water partition coefficient (Wildman–Crippen LogP) is -0.546. The van der Waals surface area contributed by atoms with Crippen LogP contribution in [0.25, 0.3) is 0 Å². The number of nitrogens with two attached hydrogens (primary N) is 1. The van der Waals surface area contributed by atoms with Crippen molar-refractivity contribution in [2.45, 2.75) is 25.0 Å². The summed E-state index contributed by atoms with van der Waals surface area (Å²) in [5.41, 5.74) is 11.7. The van der Waals surface area contributed by atoms with Crippen molar-refractivity contribution in [3.05, 3.63) is 29.8 Å². The van der Waals surface area contributed by atoms with Gasteiger partial charge in [0.05, 0.1) is 35.2 Å². The van der Waals surface area contributed by atoms with Crippen molar-refractivity contribution in [2.24, 2.45) is 17.6 Å². The standard InChI is InChI=1S/C19H25N5O4/c20-17(25)12-5-1-2-6-15(12)21-18(26)13-9-24(8-11-4-3-7-28-11)10-14-16(13)22-23-19(14)27/h1-2,5-6,11,13-14,16,22H,3-4,7-10H2,(H2,20,25)(H,21,26)(H,23,27). The maximum atomic E-state index is 13.1. The lowest BCUT2D eigenvalue weighted by molar-refractivity contribution is -0.127. The Morgan fingerprint density at radius 3 is 2.86 bits per heavy atom. The van der Waals surface area contributed by atoms with E-state index in [0.717, 1.165) is 19.4 Å². The molecule has 0 saturated carbocycles. The molecule has 4 rings (SSSR count). The normalized spacial score (nSPS) is 29.9. The minimum Gasteiger partial charge on any atom is -0.377 e. The van der Waals surface area contributed by atoms with Crippen LogP contribution in [0.15, 0.2) is 24.3 Å². The molecule has 3 amide bonds. The van der Waals surface area contributed by atoms with Gasteiger partial charge in [-0.25, -0.2) is 5.43 Å². The van der Waals surface area contributed by atoms with E-state index in [9.17, 15) is 14.4 Å². The lowest BCUT2D eigenvalue weighted by Gasteiger charge is -2.39. The van der Waals surface area contributed by atoms with Gasteiger partial charge in [0.25, 0.3) is 5.91 Å². The van der Waals surface area contributed by atoms with E-state index < -0.39 is 11.8 Å². The first-order valence-electron chi connectivity index (χ1n) is 9.62. The van der Waals surface area contributed by atoms with Crippen LogP contribution in [0.4, 0.5) is 5.69 Å². The Labute approximate surface area is 162 Å². The number of primary amides is 1.